The second-order valence-electron chi connectivity index (χ2n) is 4.05. The zero-order chi connectivity index (χ0) is 14.7. The monoisotopic (exact) mass is 304 g/mol. The van der Waals surface area contributed by atoms with Crippen molar-refractivity contribution in [2.45, 2.75) is 6.61 Å². The SMILES string of the molecule is O=C(OCc1cnc(-c2cccs2)o1)c1ccc(F)nc1. The molecule has 0 atom stereocenters. The van der Waals surface area contributed by atoms with Crippen LogP contribution in [-0.2, 0) is 11.3 Å². The number of halogens is 1. The summed E-state index contributed by atoms with van der Waals surface area (Å²) in [5.74, 6) is -0.333. The van der Waals surface area contributed by atoms with E-state index in [-0.39, 0.29) is 12.2 Å². The number of hydrogen-bond acceptors (Lipinski definition) is 6. The molecular weight excluding hydrogens is 295 g/mol. The van der Waals surface area contributed by atoms with Crippen LogP contribution in [0.4, 0.5) is 4.39 Å². The summed E-state index contributed by atoms with van der Waals surface area (Å²) in [7, 11) is 0. The molecule has 3 rings (SSSR count). The van der Waals surface area contributed by atoms with Gasteiger partial charge in [-0.05, 0) is 23.6 Å². The summed E-state index contributed by atoms with van der Waals surface area (Å²) in [4.78, 5) is 20.1. The van der Waals surface area contributed by atoms with Gasteiger partial charge in [-0.3, -0.25) is 0 Å². The highest BCUT2D eigenvalue weighted by Crippen LogP contribution is 2.24. The van der Waals surface area contributed by atoms with Crippen LogP contribution in [0.25, 0.3) is 10.8 Å². The lowest BCUT2D eigenvalue weighted by atomic mass is 10.3. The van der Waals surface area contributed by atoms with Gasteiger partial charge >= 0.3 is 5.97 Å². The van der Waals surface area contributed by atoms with E-state index < -0.39 is 11.9 Å². The first-order valence-corrected chi connectivity index (χ1v) is 6.87. The maximum absolute atomic E-state index is 12.7. The number of carbonyl (C=O) groups excluding carboxylic acids is 1. The Kier molecular flexibility index (Phi) is 3.74. The molecule has 0 aliphatic rings. The third-order valence-corrected chi connectivity index (χ3v) is 3.45. The molecule has 0 radical (unpaired) electrons. The first-order chi connectivity index (χ1) is 10.2. The molecule has 0 bridgehead atoms. The van der Waals surface area contributed by atoms with Crippen LogP contribution < -0.4 is 0 Å². The van der Waals surface area contributed by atoms with Crippen molar-refractivity contribution >= 4 is 17.3 Å². The van der Waals surface area contributed by atoms with E-state index in [1.807, 2.05) is 17.5 Å². The standard InChI is InChI=1S/C14H9FN2O3S/c15-12-4-3-9(6-16-12)14(18)19-8-10-7-17-13(20-10)11-2-1-5-21-11/h1-7H,8H2. The minimum atomic E-state index is -0.651. The van der Waals surface area contributed by atoms with E-state index in [9.17, 15) is 9.18 Å². The minimum Gasteiger partial charge on any atom is -0.454 e. The van der Waals surface area contributed by atoms with Crippen LogP contribution >= 0.6 is 11.3 Å². The molecule has 0 saturated heterocycles. The molecule has 0 aliphatic heterocycles. The fourth-order valence-electron chi connectivity index (χ4n) is 1.60. The Morgan fingerprint density at radius 3 is 2.90 bits per heavy atom. The highest BCUT2D eigenvalue weighted by atomic mass is 32.1. The zero-order valence-corrected chi connectivity index (χ0v) is 11.5. The number of ether oxygens (including phenoxy) is 1. The van der Waals surface area contributed by atoms with Crippen LogP contribution in [-0.4, -0.2) is 15.9 Å². The molecule has 7 heteroatoms. The van der Waals surface area contributed by atoms with Crippen molar-refractivity contribution in [2.24, 2.45) is 0 Å². The number of nitrogens with zero attached hydrogens (tertiary/aromatic N) is 2. The van der Waals surface area contributed by atoms with Crippen molar-refractivity contribution in [3.63, 3.8) is 0 Å². The van der Waals surface area contributed by atoms with Crippen LogP contribution in [0.5, 0.6) is 0 Å². The van der Waals surface area contributed by atoms with Gasteiger partial charge in [0.15, 0.2) is 12.4 Å². The van der Waals surface area contributed by atoms with Gasteiger partial charge in [0, 0.05) is 6.20 Å². The summed E-state index contributed by atoms with van der Waals surface area (Å²) in [5, 5.41) is 1.92. The molecule has 0 aliphatic carbocycles. The summed E-state index contributed by atoms with van der Waals surface area (Å²) in [6, 6.07) is 6.18. The van der Waals surface area contributed by atoms with Gasteiger partial charge in [0.1, 0.15) is 0 Å². The first kappa shape index (κ1) is 13.4. The van der Waals surface area contributed by atoms with Crippen LogP contribution in [0.15, 0.2) is 46.5 Å². The van der Waals surface area contributed by atoms with Gasteiger partial charge < -0.3 is 9.15 Å². The number of aromatic nitrogens is 2. The second kappa shape index (κ2) is 5.84. The maximum atomic E-state index is 12.7. The number of carbonyl (C=O) groups is 1. The molecule has 0 N–H and O–H groups in total. The number of thiophene rings is 1. The Morgan fingerprint density at radius 2 is 2.19 bits per heavy atom. The van der Waals surface area contributed by atoms with E-state index >= 15 is 0 Å². The highest BCUT2D eigenvalue weighted by molar-refractivity contribution is 7.13. The van der Waals surface area contributed by atoms with Crippen molar-refractivity contribution in [1.82, 2.24) is 9.97 Å². The van der Waals surface area contributed by atoms with Gasteiger partial charge in [-0.2, -0.15) is 4.39 Å². The molecule has 5 nitrogen and oxygen atoms in total. The van der Waals surface area contributed by atoms with Gasteiger partial charge in [0.25, 0.3) is 0 Å². The van der Waals surface area contributed by atoms with Crippen molar-refractivity contribution < 1.29 is 18.3 Å². The smallest absolute Gasteiger partial charge is 0.340 e. The molecule has 0 saturated carbocycles. The summed E-state index contributed by atoms with van der Waals surface area (Å²) >= 11 is 1.50. The number of hydrogen-bond donors (Lipinski definition) is 0. The van der Waals surface area contributed by atoms with E-state index in [1.165, 1.54) is 23.6 Å². The Labute approximate surface area is 123 Å². The van der Waals surface area contributed by atoms with Crippen LogP contribution in [0.2, 0.25) is 0 Å². The number of oxazole rings is 1. The van der Waals surface area contributed by atoms with E-state index in [4.69, 9.17) is 9.15 Å². The number of pyridine rings is 1. The van der Waals surface area contributed by atoms with Crippen molar-refractivity contribution in [1.29, 1.82) is 0 Å². The summed E-state index contributed by atoms with van der Waals surface area (Å²) in [6.45, 7) is -0.0470. The average molecular weight is 304 g/mol. The van der Waals surface area contributed by atoms with E-state index in [2.05, 4.69) is 9.97 Å². The molecule has 21 heavy (non-hydrogen) atoms. The summed E-state index contributed by atoms with van der Waals surface area (Å²) < 4.78 is 23.2. The molecule has 106 valence electrons. The summed E-state index contributed by atoms with van der Waals surface area (Å²) in [5.41, 5.74) is 0.175. The lowest BCUT2D eigenvalue weighted by molar-refractivity contribution is 0.0445. The molecule has 3 aromatic rings. The highest BCUT2D eigenvalue weighted by Gasteiger charge is 2.11. The molecule has 0 unspecified atom stereocenters. The Hall–Kier alpha value is -2.54. The fraction of sp³-hybridized carbons (Fsp3) is 0.0714. The van der Waals surface area contributed by atoms with E-state index in [0.717, 1.165) is 17.1 Å². The van der Waals surface area contributed by atoms with Gasteiger partial charge in [0.05, 0.1) is 16.6 Å². The third-order valence-electron chi connectivity index (χ3n) is 2.59. The second-order valence-corrected chi connectivity index (χ2v) is 5.00. The molecule has 0 fully saturated rings. The zero-order valence-electron chi connectivity index (χ0n) is 10.7. The Balaban J connectivity index is 1.62. The average Bonchev–Trinajstić information content (AvgIpc) is 3.16. The van der Waals surface area contributed by atoms with Crippen molar-refractivity contribution in [3.05, 3.63) is 59.3 Å². The largest absolute Gasteiger partial charge is 0.454 e. The maximum Gasteiger partial charge on any atom is 0.340 e. The molecule has 3 aromatic heterocycles. The predicted octanol–water partition coefficient (Wildman–Crippen LogP) is 3.29. The van der Waals surface area contributed by atoms with Crippen LogP contribution in [0.3, 0.4) is 0 Å². The first-order valence-electron chi connectivity index (χ1n) is 5.99. The van der Waals surface area contributed by atoms with Gasteiger partial charge in [-0.15, -0.1) is 11.3 Å². The van der Waals surface area contributed by atoms with Crippen LogP contribution in [0.1, 0.15) is 16.1 Å². The topological polar surface area (TPSA) is 65.2 Å². The number of rotatable bonds is 4. The Bertz CT molecular complexity index is 738. The molecule has 3 heterocycles. The lowest BCUT2D eigenvalue weighted by Gasteiger charge is -2.01. The third kappa shape index (κ3) is 3.14. The van der Waals surface area contributed by atoms with E-state index in [1.54, 1.807) is 0 Å². The predicted molar refractivity (Wildman–Crippen MR) is 73.1 cm³/mol. The van der Waals surface area contributed by atoms with Gasteiger partial charge in [-0.1, -0.05) is 6.07 Å². The molecule has 0 aromatic carbocycles. The fourth-order valence-corrected chi connectivity index (χ4v) is 2.26. The molecule has 0 amide bonds. The Morgan fingerprint density at radius 1 is 1.29 bits per heavy atom. The van der Waals surface area contributed by atoms with E-state index in [0.29, 0.717) is 11.7 Å². The molecule has 0 spiro atoms. The quantitative estimate of drug-likeness (QED) is 0.546. The van der Waals surface area contributed by atoms with Crippen LogP contribution in [0, 0.1) is 5.95 Å². The van der Waals surface area contributed by atoms with Gasteiger partial charge in [0.2, 0.25) is 11.8 Å². The van der Waals surface area contributed by atoms with Gasteiger partial charge in [-0.25, -0.2) is 14.8 Å². The normalized spacial score (nSPS) is 10.5. The minimum absolute atomic E-state index is 0.0470. The molecular formula is C14H9FN2O3S. The van der Waals surface area contributed by atoms with Crippen molar-refractivity contribution in [2.75, 3.05) is 0 Å². The number of esters is 1. The summed E-state index contributed by atoms with van der Waals surface area (Å²) in [6.07, 6.45) is 2.63. The lowest BCUT2D eigenvalue weighted by Crippen LogP contribution is -2.05. The van der Waals surface area contributed by atoms with Crippen molar-refractivity contribution in [3.8, 4) is 10.8 Å².